The van der Waals surface area contributed by atoms with E-state index in [1.807, 2.05) is 49.5 Å². The molecule has 0 aliphatic heterocycles. The van der Waals surface area contributed by atoms with Crippen molar-refractivity contribution in [2.75, 3.05) is 23.8 Å². The number of anilines is 2. The first-order valence-electron chi connectivity index (χ1n) is 7.72. The minimum atomic E-state index is 0.0417. The highest BCUT2D eigenvalue weighted by molar-refractivity contribution is 5.91. The monoisotopic (exact) mass is 296 g/mol. The van der Waals surface area contributed by atoms with Gasteiger partial charge >= 0.3 is 0 Å². The van der Waals surface area contributed by atoms with E-state index in [2.05, 4.69) is 36.2 Å². The number of rotatable bonds is 6. The third-order valence-corrected chi connectivity index (χ3v) is 3.73. The zero-order valence-electron chi connectivity index (χ0n) is 13.5. The maximum atomic E-state index is 12.0. The van der Waals surface area contributed by atoms with Crippen LogP contribution in [-0.2, 0) is 4.79 Å². The molecule has 0 bridgehead atoms. The van der Waals surface area contributed by atoms with Crippen LogP contribution in [0.3, 0.4) is 0 Å². The van der Waals surface area contributed by atoms with Gasteiger partial charge in [-0.2, -0.15) is 0 Å². The summed E-state index contributed by atoms with van der Waals surface area (Å²) in [7, 11) is 2.00. The number of amides is 1. The molecular weight excluding hydrogens is 272 g/mol. The van der Waals surface area contributed by atoms with Gasteiger partial charge in [-0.25, -0.2) is 0 Å². The van der Waals surface area contributed by atoms with Crippen LogP contribution in [0.25, 0.3) is 0 Å². The summed E-state index contributed by atoms with van der Waals surface area (Å²) in [6.45, 7) is 5.01. The Labute approximate surface area is 133 Å². The van der Waals surface area contributed by atoms with Crippen molar-refractivity contribution in [3.05, 3.63) is 60.2 Å². The van der Waals surface area contributed by atoms with Crippen molar-refractivity contribution in [1.29, 1.82) is 0 Å². The molecule has 0 heterocycles. The van der Waals surface area contributed by atoms with Crippen LogP contribution in [-0.4, -0.2) is 19.5 Å². The van der Waals surface area contributed by atoms with E-state index in [9.17, 15) is 4.79 Å². The summed E-state index contributed by atoms with van der Waals surface area (Å²) in [5, 5.41) is 2.95. The van der Waals surface area contributed by atoms with E-state index in [0.29, 0.717) is 18.9 Å². The molecule has 0 saturated heterocycles. The first kappa shape index (κ1) is 16.1. The summed E-state index contributed by atoms with van der Waals surface area (Å²) in [5.74, 6) is 0.546. The van der Waals surface area contributed by atoms with E-state index in [-0.39, 0.29) is 5.91 Å². The van der Waals surface area contributed by atoms with Gasteiger partial charge in [-0.05, 0) is 35.7 Å². The molecule has 0 aliphatic rings. The lowest BCUT2D eigenvalue weighted by atomic mass is 10.0. The van der Waals surface area contributed by atoms with Crippen LogP contribution in [0.2, 0.25) is 0 Å². The van der Waals surface area contributed by atoms with Crippen molar-refractivity contribution in [3.8, 4) is 0 Å². The number of nitrogens with zero attached hydrogens (tertiary/aromatic N) is 1. The van der Waals surface area contributed by atoms with E-state index in [1.54, 1.807) is 0 Å². The van der Waals surface area contributed by atoms with Gasteiger partial charge in [0, 0.05) is 31.4 Å². The molecule has 0 fully saturated rings. The Morgan fingerprint density at radius 2 is 1.68 bits per heavy atom. The summed E-state index contributed by atoms with van der Waals surface area (Å²) < 4.78 is 0. The van der Waals surface area contributed by atoms with Gasteiger partial charge in [-0.3, -0.25) is 4.79 Å². The Bertz CT molecular complexity index is 591. The van der Waals surface area contributed by atoms with Gasteiger partial charge in [0.25, 0.3) is 0 Å². The highest BCUT2D eigenvalue weighted by atomic mass is 16.1. The predicted octanol–water partition coefficient (Wildman–Crippen LogP) is 4.28. The Morgan fingerprint density at radius 1 is 1.05 bits per heavy atom. The molecule has 0 aliphatic carbocycles. The molecule has 0 unspecified atom stereocenters. The first-order valence-corrected chi connectivity index (χ1v) is 7.72. The van der Waals surface area contributed by atoms with Crippen LogP contribution < -0.4 is 10.2 Å². The van der Waals surface area contributed by atoms with E-state index in [4.69, 9.17) is 0 Å². The summed E-state index contributed by atoms with van der Waals surface area (Å²) >= 11 is 0. The van der Waals surface area contributed by atoms with E-state index < -0.39 is 0 Å². The number of benzene rings is 2. The summed E-state index contributed by atoms with van der Waals surface area (Å²) in [6, 6.07) is 18.1. The molecule has 2 aromatic carbocycles. The molecule has 2 rings (SSSR count). The molecular formula is C19H24N2O. The molecule has 2 aromatic rings. The van der Waals surface area contributed by atoms with E-state index >= 15 is 0 Å². The number of hydrogen-bond donors (Lipinski definition) is 1. The topological polar surface area (TPSA) is 32.3 Å². The van der Waals surface area contributed by atoms with Gasteiger partial charge in [0.1, 0.15) is 0 Å². The highest BCUT2D eigenvalue weighted by Gasteiger charge is 2.06. The van der Waals surface area contributed by atoms with Crippen molar-refractivity contribution in [3.63, 3.8) is 0 Å². The molecule has 1 N–H and O–H groups in total. The SMILES string of the molecule is CC(C)c1ccc(NC(=O)CCN(C)c2ccccc2)cc1. The summed E-state index contributed by atoms with van der Waals surface area (Å²) in [6.07, 6.45) is 0.470. The fraction of sp³-hybridized carbons (Fsp3) is 0.316. The predicted molar refractivity (Wildman–Crippen MR) is 93.5 cm³/mol. The lowest BCUT2D eigenvalue weighted by molar-refractivity contribution is -0.116. The molecule has 3 heteroatoms. The normalized spacial score (nSPS) is 10.5. The Kier molecular flexibility index (Phi) is 5.59. The van der Waals surface area contributed by atoms with Gasteiger partial charge in [-0.15, -0.1) is 0 Å². The van der Waals surface area contributed by atoms with Crippen LogP contribution in [0.15, 0.2) is 54.6 Å². The lowest BCUT2D eigenvalue weighted by Crippen LogP contribution is -2.23. The second-order valence-corrected chi connectivity index (χ2v) is 5.83. The van der Waals surface area contributed by atoms with Crippen LogP contribution in [0.4, 0.5) is 11.4 Å². The van der Waals surface area contributed by atoms with Crippen LogP contribution in [0, 0.1) is 0 Å². The Morgan fingerprint density at radius 3 is 2.27 bits per heavy atom. The maximum absolute atomic E-state index is 12.0. The number of carbonyl (C=O) groups excluding carboxylic acids is 1. The number of carbonyl (C=O) groups is 1. The molecule has 0 spiro atoms. The minimum absolute atomic E-state index is 0.0417. The number of hydrogen-bond acceptors (Lipinski definition) is 2. The first-order chi connectivity index (χ1) is 10.6. The quantitative estimate of drug-likeness (QED) is 0.863. The lowest BCUT2D eigenvalue weighted by Gasteiger charge is -2.18. The molecule has 3 nitrogen and oxygen atoms in total. The standard InChI is InChI=1S/C19H24N2O/c1-15(2)16-9-11-17(12-10-16)20-19(22)13-14-21(3)18-7-5-4-6-8-18/h4-12,15H,13-14H2,1-3H3,(H,20,22). The van der Waals surface area contributed by atoms with Gasteiger partial charge in [-0.1, -0.05) is 44.2 Å². The van der Waals surface area contributed by atoms with Crippen molar-refractivity contribution in [1.82, 2.24) is 0 Å². The minimum Gasteiger partial charge on any atom is -0.374 e. The largest absolute Gasteiger partial charge is 0.374 e. The van der Waals surface area contributed by atoms with Crippen molar-refractivity contribution < 1.29 is 4.79 Å². The zero-order valence-corrected chi connectivity index (χ0v) is 13.5. The second kappa shape index (κ2) is 7.64. The smallest absolute Gasteiger partial charge is 0.226 e. The molecule has 116 valence electrons. The van der Waals surface area contributed by atoms with Crippen molar-refractivity contribution in [2.45, 2.75) is 26.2 Å². The zero-order chi connectivity index (χ0) is 15.9. The third kappa shape index (κ3) is 4.62. The van der Waals surface area contributed by atoms with Crippen LogP contribution in [0.1, 0.15) is 31.7 Å². The van der Waals surface area contributed by atoms with Gasteiger partial charge in [0.2, 0.25) is 5.91 Å². The second-order valence-electron chi connectivity index (χ2n) is 5.83. The fourth-order valence-electron chi connectivity index (χ4n) is 2.26. The molecule has 0 radical (unpaired) electrons. The van der Waals surface area contributed by atoms with Gasteiger partial charge in [0.05, 0.1) is 0 Å². The van der Waals surface area contributed by atoms with E-state index in [0.717, 1.165) is 11.4 Å². The number of para-hydroxylation sites is 1. The third-order valence-electron chi connectivity index (χ3n) is 3.73. The Hall–Kier alpha value is -2.29. The molecule has 0 aromatic heterocycles. The van der Waals surface area contributed by atoms with Crippen molar-refractivity contribution in [2.24, 2.45) is 0 Å². The van der Waals surface area contributed by atoms with Gasteiger partial charge in [0.15, 0.2) is 0 Å². The van der Waals surface area contributed by atoms with Crippen LogP contribution in [0.5, 0.6) is 0 Å². The number of nitrogens with one attached hydrogen (secondary N) is 1. The van der Waals surface area contributed by atoms with Gasteiger partial charge < -0.3 is 10.2 Å². The molecule has 22 heavy (non-hydrogen) atoms. The Balaban J connectivity index is 1.83. The molecule has 0 saturated carbocycles. The molecule has 1 amide bonds. The van der Waals surface area contributed by atoms with E-state index in [1.165, 1.54) is 5.56 Å². The maximum Gasteiger partial charge on any atom is 0.226 e. The average molecular weight is 296 g/mol. The van der Waals surface area contributed by atoms with Crippen LogP contribution >= 0.6 is 0 Å². The fourth-order valence-corrected chi connectivity index (χ4v) is 2.26. The van der Waals surface area contributed by atoms with Crippen molar-refractivity contribution >= 4 is 17.3 Å². The average Bonchev–Trinajstić information content (AvgIpc) is 2.54. The summed E-state index contributed by atoms with van der Waals surface area (Å²) in [5.41, 5.74) is 3.26. The highest BCUT2D eigenvalue weighted by Crippen LogP contribution is 2.17. The molecule has 0 atom stereocenters. The summed E-state index contributed by atoms with van der Waals surface area (Å²) in [4.78, 5) is 14.1.